The molecule has 0 bridgehead atoms. The van der Waals surface area contributed by atoms with Gasteiger partial charge in [0, 0.05) is 25.4 Å². The number of nitrogens with zero attached hydrogens (tertiary/aromatic N) is 4. The highest BCUT2D eigenvalue weighted by atomic mass is 32.2. The van der Waals surface area contributed by atoms with Crippen LogP contribution in [0.1, 0.15) is 45.4 Å². The lowest BCUT2D eigenvalue weighted by Gasteiger charge is -2.26. The molecule has 8 heteroatoms. The van der Waals surface area contributed by atoms with E-state index in [-0.39, 0.29) is 11.2 Å². The van der Waals surface area contributed by atoms with Gasteiger partial charge in [0.25, 0.3) is 0 Å². The maximum Gasteiger partial charge on any atom is 0.233 e. The number of ether oxygens (including phenoxy) is 1. The molecule has 164 valence electrons. The molecule has 1 aromatic heterocycles. The van der Waals surface area contributed by atoms with E-state index in [1.807, 2.05) is 32.0 Å². The van der Waals surface area contributed by atoms with Crippen LogP contribution in [-0.2, 0) is 16.1 Å². The number of thioether (sulfide) groups is 1. The average Bonchev–Trinajstić information content (AvgIpc) is 3.16. The van der Waals surface area contributed by atoms with Crippen molar-refractivity contribution >= 4 is 17.7 Å². The summed E-state index contributed by atoms with van der Waals surface area (Å²) >= 11 is 1.45. The molecule has 30 heavy (non-hydrogen) atoms. The van der Waals surface area contributed by atoms with Crippen LogP contribution >= 0.6 is 11.8 Å². The summed E-state index contributed by atoms with van der Waals surface area (Å²) in [6, 6.07) is 10.2. The van der Waals surface area contributed by atoms with E-state index in [1.165, 1.54) is 31.0 Å². The molecule has 0 radical (unpaired) electrons. The summed E-state index contributed by atoms with van der Waals surface area (Å²) in [4.78, 5) is 15.0. The summed E-state index contributed by atoms with van der Waals surface area (Å²) in [6.07, 6.45) is 4.60. The van der Waals surface area contributed by atoms with E-state index in [1.54, 1.807) is 0 Å². The number of piperidine rings is 1. The molecular formula is C22H33N5O2S. The molecule has 1 saturated heterocycles. The number of aromatic nitrogens is 3. The van der Waals surface area contributed by atoms with Crippen molar-refractivity contribution in [3.63, 3.8) is 0 Å². The zero-order chi connectivity index (χ0) is 21.2. The van der Waals surface area contributed by atoms with Gasteiger partial charge in [-0.05, 0) is 58.3 Å². The molecule has 1 unspecified atom stereocenters. The summed E-state index contributed by atoms with van der Waals surface area (Å²) in [7, 11) is 0. The maximum atomic E-state index is 12.5. The van der Waals surface area contributed by atoms with E-state index in [4.69, 9.17) is 4.74 Å². The molecule has 2 aromatic rings. The molecule has 7 nitrogen and oxygen atoms in total. The fourth-order valence-corrected chi connectivity index (χ4v) is 4.43. The highest BCUT2D eigenvalue weighted by molar-refractivity contribution is 8.00. The van der Waals surface area contributed by atoms with Gasteiger partial charge in [-0.1, -0.05) is 36.4 Å². The van der Waals surface area contributed by atoms with Crippen molar-refractivity contribution in [3.8, 4) is 5.69 Å². The lowest BCUT2D eigenvalue weighted by atomic mass is 10.1. The van der Waals surface area contributed by atoms with Gasteiger partial charge in [0.1, 0.15) is 0 Å². The van der Waals surface area contributed by atoms with Crippen molar-refractivity contribution < 1.29 is 9.53 Å². The summed E-state index contributed by atoms with van der Waals surface area (Å²) in [6.45, 7) is 8.86. The van der Waals surface area contributed by atoms with Crippen LogP contribution in [0.5, 0.6) is 0 Å². The number of hydrogen-bond donors (Lipinski definition) is 1. The number of hydrogen-bond acceptors (Lipinski definition) is 6. The van der Waals surface area contributed by atoms with Crippen molar-refractivity contribution in [1.82, 2.24) is 25.0 Å². The number of amides is 1. The van der Waals surface area contributed by atoms with Crippen LogP contribution in [0.4, 0.5) is 0 Å². The summed E-state index contributed by atoms with van der Waals surface area (Å²) in [5.41, 5.74) is 1.03. The van der Waals surface area contributed by atoms with E-state index in [9.17, 15) is 4.79 Å². The largest absolute Gasteiger partial charge is 0.382 e. The smallest absolute Gasteiger partial charge is 0.233 e. The van der Waals surface area contributed by atoms with Gasteiger partial charge in [-0.15, -0.1) is 10.2 Å². The fraction of sp³-hybridized carbons (Fsp3) is 0.591. The van der Waals surface area contributed by atoms with E-state index in [0.717, 1.165) is 42.7 Å². The number of carbonyl (C=O) groups excluding carboxylic acids is 1. The van der Waals surface area contributed by atoms with Gasteiger partial charge in [-0.25, -0.2) is 0 Å². The van der Waals surface area contributed by atoms with Gasteiger partial charge in [0.05, 0.1) is 11.8 Å². The first-order valence-corrected chi connectivity index (χ1v) is 11.8. The molecule has 0 saturated carbocycles. The van der Waals surface area contributed by atoms with Crippen molar-refractivity contribution in [2.75, 3.05) is 32.8 Å². The van der Waals surface area contributed by atoms with E-state index >= 15 is 0 Å². The molecule has 0 aliphatic carbocycles. The lowest BCUT2D eigenvalue weighted by molar-refractivity contribution is -0.120. The first-order chi connectivity index (χ1) is 14.7. The van der Waals surface area contributed by atoms with Crippen LogP contribution in [-0.4, -0.2) is 63.7 Å². The van der Waals surface area contributed by atoms with Gasteiger partial charge in [0.15, 0.2) is 11.0 Å². The molecule has 1 amide bonds. The second-order valence-electron chi connectivity index (χ2n) is 7.51. The van der Waals surface area contributed by atoms with Gasteiger partial charge in [-0.2, -0.15) is 0 Å². The first-order valence-electron chi connectivity index (χ1n) is 10.9. The predicted octanol–water partition coefficient (Wildman–Crippen LogP) is 3.28. The number of nitrogens with one attached hydrogen (secondary N) is 1. The molecule has 0 spiro atoms. The second-order valence-corrected chi connectivity index (χ2v) is 8.82. The van der Waals surface area contributed by atoms with Crippen molar-refractivity contribution in [2.45, 2.75) is 56.5 Å². The number of rotatable bonds is 11. The highest BCUT2D eigenvalue weighted by Gasteiger charge is 2.22. The van der Waals surface area contributed by atoms with Crippen molar-refractivity contribution in [2.24, 2.45) is 0 Å². The van der Waals surface area contributed by atoms with Gasteiger partial charge in [-0.3, -0.25) is 14.3 Å². The Morgan fingerprint density at radius 3 is 2.70 bits per heavy atom. The molecule has 1 aliphatic heterocycles. The SMILES string of the molecule is CCOCCCNC(=O)C(C)Sc1nnc(CN2CCCCC2)n1-c1ccccc1. The fourth-order valence-electron chi connectivity index (χ4n) is 3.52. The van der Waals surface area contributed by atoms with Crippen LogP contribution in [0.2, 0.25) is 0 Å². The Labute approximate surface area is 183 Å². The Bertz CT molecular complexity index is 777. The van der Waals surface area contributed by atoms with Crippen LogP contribution in [0.15, 0.2) is 35.5 Å². The third-order valence-electron chi connectivity index (χ3n) is 5.15. The first kappa shape index (κ1) is 22.8. The standard InChI is InChI=1S/C22H33N5O2S/c1-3-29-16-10-13-23-21(28)18(2)30-22-25-24-20(17-26-14-8-5-9-15-26)27(22)19-11-6-4-7-12-19/h4,6-7,11-12,18H,3,5,8-10,13-17H2,1-2H3,(H,23,28). The number of benzene rings is 1. The normalized spacial score (nSPS) is 15.8. The second kappa shape index (κ2) is 12.1. The minimum Gasteiger partial charge on any atom is -0.382 e. The monoisotopic (exact) mass is 431 g/mol. The zero-order valence-electron chi connectivity index (χ0n) is 18.0. The molecule has 1 aliphatic rings. The molecule has 2 heterocycles. The van der Waals surface area contributed by atoms with E-state index in [2.05, 4.69) is 37.1 Å². The Morgan fingerprint density at radius 2 is 1.97 bits per heavy atom. The maximum absolute atomic E-state index is 12.5. The van der Waals surface area contributed by atoms with E-state index < -0.39 is 0 Å². The summed E-state index contributed by atoms with van der Waals surface area (Å²) in [5, 5.41) is 12.4. The number of para-hydroxylation sites is 1. The Morgan fingerprint density at radius 1 is 1.20 bits per heavy atom. The number of likely N-dealkylation sites (tertiary alicyclic amines) is 1. The number of carbonyl (C=O) groups is 1. The molecule has 1 N–H and O–H groups in total. The quantitative estimate of drug-likeness (QED) is 0.435. The summed E-state index contributed by atoms with van der Waals surface area (Å²) < 4.78 is 7.41. The lowest BCUT2D eigenvalue weighted by Crippen LogP contribution is -2.32. The van der Waals surface area contributed by atoms with Crippen LogP contribution in [0.25, 0.3) is 5.69 Å². The van der Waals surface area contributed by atoms with Gasteiger partial charge < -0.3 is 10.1 Å². The molecule has 3 rings (SSSR count). The topological polar surface area (TPSA) is 72.3 Å². The van der Waals surface area contributed by atoms with Gasteiger partial charge >= 0.3 is 0 Å². The van der Waals surface area contributed by atoms with Crippen molar-refractivity contribution in [1.29, 1.82) is 0 Å². The molecular weight excluding hydrogens is 398 g/mol. The van der Waals surface area contributed by atoms with Gasteiger partial charge in [0.2, 0.25) is 5.91 Å². The zero-order valence-corrected chi connectivity index (χ0v) is 18.9. The summed E-state index contributed by atoms with van der Waals surface area (Å²) in [5.74, 6) is 0.937. The van der Waals surface area contributed by atoms with Crippen LogP contribution in [0, 0.1) is 0 Å². The molecule has 1 atom stereocenters. The Hall–Kier alpha value is -1.90. The minimum absolute atomic E-state index is 0.0108. The minimum atomic E-state index is -0.258. The van der Waals surface area contributed by atoms with Crippen LogP contribution in [0.3, 0.4) is 0 Å². The Kier molecular flexibility index (Phi) is 9.17. The highest BCUT2D eigenvalue weighted by Crippen LogP contribution is 2.26. The third-order valence-corrected chi connectivity index (χ3v) is 6.19. The third kappa shape index (κ3) is 6.55. The van der Waals surface area contributed by atoms with E-state index in [0.29, 0.717) is 19.8 Å². The molecule has 1 fully saturated rings. The Balaban J connectivity index is 1.68. The predicted molar refractivity (Wildman–Crippen MR) is 120 cm³/mol. The molecule has 1 aromatic carbocycles. The van der Waals surface area contributed by atoms with Crippen LogP contribution < -0.4 is 5.32 Å². The van der Waals surface area contributed by atoms with Crippen molar-refractivity contribution in [3.05, 3.63) is 36.2 Å². The average molecular weight is 432 g/mol.